The lowest BCUT2D eigenvalue weighted by atomic mass is 9.97. The van der Waals surface area contributed by atoms with E-state index in [0.717, 1.165) is 4.57 Å². The van der Waals surface area contributed by atoms with Crippen LogP contribution in [-0.2, 0) is 14.3 Å². The van der Waals surface area contributed by atoms with Gasteiger partial charge in [-0.25, -0.2) is 4.79 Å². The summed E-state index contributed by atoms with van der Waals surface area (Å²) in [6.45, 7) is 5.09. The Hall–Kier alpha value is -2.35. The van der Waals surface area contributed by atoms with Gasteiger partial charge in [0.05, 0.1) is 5.41 Å². The highest BCUT2D eigenvalue weighted by Gasteiger charge is 2.31. The Labute approximate surface area is 127 Å². The second kappa shape index (κ2) is 5.80. The maximum Gasteiger partial charge on any atom is 0.352 e. The molecule has 8 heteroatoms. The second-order valence-electron chi connectivity index (χ2n) is 6.00. The van der Waals surface area contributed by atoms with E-state index in [4.69, 9.17) is 15.2 Å². The van der Waals surface area contributed by atoms with E-state index in [1.807, 2.05) is 0 Å². The number of aromatic nitrogens is 2. The molecule has 1 aromatic rings. The third-order valence-corrected chi connectivity index (χ3v) is 3.00. The molecule has 0 fully saturated rings. The van der Waals surface area contributed by atoms with Crippen molar-refractivity contribution in [2.75, 3.05) is 12.3 Å². The summed E-state index contributed by atoms with van der Waals surface area (Å²) in [6.07, 6.45) is 0.773. The Balaban J connectivity index is 2.04. The number of carbonyl (C=O) groups excluding carboxylic acids is 1. The molecule has 1 aliphatic rings. The minimum atomic E-state index is -1.05. The van der Waals surface area contributed by atoms with E-state index < -0.39 is 23.4 Å². The number of anilines is 1. The van der Waals surface area contributed by atoms with Gasteiger partial charge < -0.3 is 20.3 Å². The molecule has 120 valence electrons. The van der Waals surface area contributed by atoms with Crippen molar-refractivity contribution in [1.29, 1.82) is 0 Å². The van der Waals surface area contributed by atoms with Crippen molar-refractivity contribution >= 4 is 11.8 Å². The third kappa shape index (κ3) is 3.45. The second-order valence-corrected chi connectivity index (χ2v) is 6.00. The quantitative estimate of drug-likeness (QED) is 0.765. The van der Waals surface area contributed by atoms with Gasteiger partial charge in [0.2, 0.25) is 6.23 Å². The summed E-state index contributed by atoms with van der Waals surface area (Å²) in [5.74, 6) is -0.0268. The first-order valence-electron chi connectivity index (χ1n) is 6.76. The van der Waals surface area contributed by atoms with Gasteiger partial charge >= 0.3 is 11.7 Å². The molecule has 0 saturated heterocycles. The molecular formula is C14H19N3O5. The predicted octanol–water partition coefficient (Wildman–Crippen LogP) is 0.188. The Bertz CT molecular complexity index is 659. The highest BCUT2D eigenvalue weighted by Crippen LogP contribution is 2.26. The van der Waals surface area contributed by atoms with Crippen LogP contribution in [-0.4, -0.2) is 33.3 Å². The summed E-state index contributed by atoms with van der Waals surface area (Å²) in [6, 6.07) is 1.43. The smallest absolute Gasteiger partial charge is 0.352 e. The minimum absolute atomic E-state index is 0.0843. The van der Waals surface area contributed by atoms with Gasteiger partial charge in [-0.15, -0.1) is 0 Å². The number of nitrogen functional groups attached to an aromatic ring is 1. The molecule has 0 aliphatic carbocycles. The molecule has 22 heavy (non-hydrogen) atoms. The fourth-order valence-corrected chi connectivity index (χ4v) is 1.81. The van der Waals surface area contributed by atoms with E-state index in [9.17, 15) is 14.7 Å². The fraction of sp³-hybridized carbons (Fsp3) is 0.500. The van der Waals surface area contributed by atoms with E-state index in [0.29, 0.717) is 0 Å². The van der Waals surface area contributed by atoms with Crippen molar-refractivity contribution in [3.05, 3.63) is 34.6 Å². The normalized spacial score (nSPS) is 21.2. The van der Waals surface area contributed by atoms with Crippen molar-refractivity contribution in [3.8, 4) is 0 Å². The first kappa shape index (κ1) is 16.0. The van der Waals surface area contributed by atoms with E-state index in [2.05, 4.69) is 4.98 Å². The Morgan fingerprint density at radius 2 is 2.23 bits per heavy atom. The van der Waals surface area contributed by atoms with Crippen molar-refractivity contribution in [2.24, 2.45) is 5.41 Å². The molecule has 2 heterocycles. The summed E-state index contributed by atoms with van der Waals surface area (Å²) in [5.41, 5.74) is 4.15. The molecule has 0 unspecified atom stereocenters. The van der Waals surface area contributed by atoms with E-state index >= 15 is 0 Å². The molecule has 3 N–H and O–H groups in total. The lowest BCUT2D eigenvalue weighted by Gasteiger charge is -2.19. The van der Waals surface area contributed by atoms with Gasteiger partial charge in [0, 0.05) is 6.20 Å². The minimum Gasteiger partial charge on any atom is -0.468 e. The van der Waals surface area contributed by atoms with Crippen LogP contribution in [0.3, 0.4) is 0 Å². The first-order valence-corrected chi connectivity index (χ1v) is 6.76. The largest absolute Gasteiger partial charge is 0.468 e. The van der Waals surface area contributed by atoms with E-state index in [1.165, 1.54) is 18.3 Å². The molecule has 0 bridgehead atoms. The lowest BCUT2D eigenvalue weighted by Crippen LogP contribution is -2.32. The molecule has 0 saturated carbocycles. The molecule has 2 atom stereocenters. The first-order chi connectivity index (χ1) is 10.2. The van der Waals surface area contributed by atoms with Crippen LogP contribution in [0.1, 0.15) is 27.0 Å². The molecule has 0 spiro atoms. The lowest BCUT2D eigenvalue weighted by molar-refractivity contribution is -0.153. The van der Waals surface area contributed by atoms with Crippen LogP contribution in [0.25, 0.3) is 0 Å². The van der Waals surface area contributed by atoms with Crippen LogP contribution in [0.2, 0.25) is 0 Å². The summed E-state index contributed by atoms with van der Waals surface area (Å²) in [4.78, 5) is 27.0. The van der Waals surface area contributed by atoms with Gasteiger partial charge in [0.1, 0.15) is 24.3 Å². The van der Waals surface area contributed by atoms with E-state index in [1.54, 1.807) is 20.8 Å². The number of nitrogens with zero attached hydrogens (tertiary/aromatic N) is 2. The number of aliphatic hydroxyl groups excluding tert-OH is 1. The Kier molecular flexibility index (Phi) is 4.23. The van der Waals surface area contributed by atoms with Crippen LogP contribution in [0.4, 0.5) is 5.82 Å². The van der Waals surface area contributed by atoms with Crippen LogP contribution < -0.4 is 11.4 Å². The van der Waals surface area contributed by atoms with E-state index in [-0.39, 0.29) is 24.2 Å². The number of hydrogen-bond acceptors (Lipinski definition) is 7. The average Bonchev–Trinajstić information content (AvgIpc) is 2.76. The highest BCUT2D eigenvalue weighted by atomic mass is 16.6. The molecule has 0 amide bonds. The van der Waals surface area contributed by atoms with Gasteiger partial charge in [-0.1, -0.05) is 0 Å². The van der Waals surface area contributed by atoms with Crippen LogP contribution >= 0.6 is 0 Å². The number of nitrogens with two attached hydrogens (primary N) is 1. The monoisotopic (exact) mass is 309 g/mol. The van der Waals surface area contributed by atoms with Gasteiger partial charge in [0.25, 0.3) is 0 Å². The number of hydrogen-bond donors (Lipinski definition) is 2. The maximum atomic E-state index is 11.7. The van der Waals surface area contributed by atoms with Crippen molar-refractivity contribution in [3.63, 3.8) is 0 Å². The van der Waals surface area contributed by atoms with Gasteiger partial charge in [-0.2, -0.15) is 4.98 Å². The molecule has 8 nitrogen and oxygen atoms in total. The topological polar surface area (TPSA) is 117 Å². The zero-order chi connectivity index (χ0) is 16.5. The predicted molar refractivity (Wildman–Crippen MR) is 77.5 cm³/mol. The highest BCUT2D eigenvalue weighted by molar-refractivity contribution is 5.75. The molecule has 1 aliphatic heterocycles. The number of aliphatic hydroxyl groups is 1. The molecular weight excluding hydrogens is 290 g/mol. The molecule has 1 aromatic heterocycles. The van der Waals surface area contributed by atoms with Crippen LogP contribution in [0.15, 0.2) is 28.9 Å². The Morgan fingerprint density at radius 1 is 1.55 bits per heavy atom. The van der Waals surface area contributed by atoms with Crippen molar-refractivity contribution in [2.45, 2.75) is 33.1 Å². The standard InChI is InChI=1S/C14H19N3O5/c1-14(2,3)12(19)21-7-8-6-9(18)11(22-8)17-5-4-10(15)16-13(17)20/h4-6,9,11,18H,7H2,1-3H3,(H2,15,16,20)/t9-,11-/m1/s1. The van der Waals surface area contributed by atoms with Crippen LogP contribution in [0.5, 0.6) is 0 Å². The summed E-state index contributed by atoms with van der Waals surface area (Å²) in [7, 11) is 0. The zero-order valence-electron chi connectivity index (χ0n) is 12.6. The van der Waals surface area contributed by atoms with Gasteiger partial charge in [-0.05, 0) is 32.9 Å². The maximum absolute atomic E-state index is 11.7. The average molecular weight is 309 g/mol. The molecule has 0 aromatic carbocycles. The molecule has 2 rings (SSSR count). The molecule has 0 radical (unpaired) electrons. The number of carbonyl (C=O) groups is 1. The van der Waals surface area contributed by atoms with Crippen molar-refractivity contribution in [1.82, 2.24) is 9.55 Å². The number of esters is 1. The SMILES string of the molecule is CC(C)(C)C(=O)OCC1=C[C@@H](O)[C@H](n2ccc(N)nc2=O)O1. The number of ether oxygens (including phenoxy) is 2. The third-order valence-electron chi connectivity index (χ3n) is 3.00. The summed E-state index contributed by atoms with van der Waals surface area (Å²) >= 11 is 0. The summed E-state index contributed by atoms with van der Waals surface area (Å²) in [5, 5.41) is 9.97. The number of rotatable bonds is 3. The summed E-state index contributed by atoms with van der Waals surface area (Å²) < 4.78 is 11.7. The Morgan fingerprint density at radius 3 is 2.82 bits per heavy atom. The van der Waals surface area contributed by atoms with Crippen molar-refractivity contribution < 1.29 is 19.4 Å². The van der Waals surface area contributed by atoms with Gasteiger partial charge in [0.15, 0.2) is 0 Å². The van der Waals surface area contributed by atoms with Crippen LogP contribution in [0, 0.1) is 5.41 Å². The zero-order valence-corrected chi connectivity index (χ0v) is 12.6. The van der Waals surface area contributed by atoms with Gasteiger partial charge in [-0.3, -0.25) is 9.36 Å². The fourth-order valence-electron chi connectivity index (χ4n) is 1.81.